The van der Waals surface area contributed by atoms with E-state index in [1.54, 1.807) is 17.0 Å². The Morgan fingerprint density at radius 1 is 1.25 bits per heavy atom. The van der Waals surface area contributed by atoms with Gasteiger partial charge in [0.25, 0.3) is 5.91 Å². The fraction of sp³-hybridized carbons (Fsp3) is 0.536. The molecule has 2 amide bonds. The maximum Gasteiger partial charge on any atom is 0.475 e. The highest BCUT2D eigenvalue weighted by molar-refractivity contribution is 6.43. The summed E-state index contributed by atoms with van der Waals surface area (Å²) in [6.07, 6.45) is 3.94. The molecule has 2 aliphatic rings. The number of benzene rings is 1. The summed E-state index contributed by atoms with van der Waals surface area (Å²) in [4.78, 5) is 32.1. The number of hydrogen-bond donors (Lipinski definition) is 3. The maximum absolute atomic E-state index is 13.4. The lowest BCUT2D eigenvalue weighted by Crippen LogP contribution is -2.53. The summed E-state index contributed by atoms with van der Waals surface area (Å²) in [5.41, 5.74) is 0.997. The Hall–Kier alpha value is -3.37. The molecule has 12 heteroatoms. The van der Waals surface area contributed by atoms with Crippen LogP contribution in [0, 0.1) is 11.3 Å². The molecule has 4 rings (SSSR count). The van der Waals surface area contributed by atoms with Gasteiger partial charge in [-0.25, -0.2) is 4.79 Å². The number of likely N-dealkylation sites (tertiary alicyclic amines) is 1. The van der Waals surface area contributed by atoms with Crippen LogP contribution < -0.4 is 5.32 Å². The molecule has 1 aromatic carbocycles. The number of fused-ring (bicyclic) bond motifs is 1. The molecule has 1 unspecified atom stereocenters. The van der Waals surface area contributed by atoms with Crippen molar-refractivity contribution in [2.75, 3.05) is 46.4 Å². The van der Waals surface area contributed by atoms with Gasteiger partial charge in [-0.15, -0.1) is 0 Å². The number of rotatable bonds is 9. The number of nitrogens with one attached hydrogen (secondary N) is 1. The van der Waals surface area contributed by atoms with E-state index in [2.05, 4.69) is 28.2 Å². The number of para-hydroxylation sites is 1. The van der Waals surface area contributed by atoms with Gasteiger partial charge in [0.05, 0.1) is 18.2 Å². The summed E-state index contributed by atoms with van der Waals surface area (Å²) >= 11 is 0. The predicted molar refractivity (Wildman–Crippen MR) is 150 cm³/mol. The van der Waals surface area contributed by atoms with Crippen LogP contribution in [0.3, 0.4) is 0 Å². The van der Waals surface area contributed by atoms with E-state index >= 15 is 0 Å². The molecule has 3 N–H and O–H groups in total. The average Bonchev–Trinajstić information content (AvgIpc) is 3.57. The Morgan fingerprint density at radius 2 is 1.98 bits per heavy atom. The lowest BCUT2D eigenvalue weighted by Gasteiger charge is -2.42. The third-order valence-electron chi connectivity index (χ3n) is 7.88. The Labute approximate surface area is 235 Å². The zero-order valence-electron chi connectivity index (χ0n) is 23.4. The second kappa shape index (κ2) is 12.9. The fourth-order valence-corrected chi connectivity index (χ4v) is 5.42. The third-order valence-corrected chi connectivity index (χ3v) is 7.88. The van der Waals surface area contributed by atoms with Crippen molar-refractivity contribution in [2.24, 2.45) is 0 Å². The predicted octanol–water partition coefficient (Wildman–Crippen LogP) is 1.55. The minimum absolute atomic E-state index is 0.0684. The number of ether oxygens (including phenoxy) is 1. The van der Waals surface area contributed by atoms with E-state index in [0.717, 1.165) is 43.5 Å². The molecule has 0 aliphatic carbocycles. The van der Waals surface area contributed by atoms with Gasteiger partial charge in [-0.05, 0) is 57.9 Å². The topological polar surface area (TPSA) is 143 Å². The van der Waals surface area contributed by atoms with Crippen molar-refractivity contribution in [1.29, 1.82) is 5.26 Å². The Morgan fingerprint density at radius 3 is 2.67 bits per heavy atom. The smallest absolute Gasteiger partial charge is 0.464 e. The van der Waals surface area contributed by atoms with Crippen LogP contribution in [0.25, 0.3) is 11.0 Å². The molecular weight excluding hydrogens is 513 g/mol. The summed E-state index contributed by atoms with van der Waals surface area (Å²) in [7, 11) is 0.255. The molecule has 0 bridgehead atoms. The number of amides is 2. The van der Waals surface area contributed by atoms with Crippen LogP contribution in [0.15, 0.2) is 46.6 Å². The first-order chi connectivity index (χ1) is 19.1. The highest BCUT2D eigenvalue weighted by Crippen LogP contribution is 2.25. The lowest BCUT2D eigenvalue weighted by molar-refractivity contribution is -0.128. The number of hydrogen-bond acceptors (Lipinski definition) is 9. The van der Waals surface area contributed by atoms with Crippen LogP contribution >= 0.6 is 0 Å². The number of carbonyl (C=O) groups excluding carboxylic acids is 2. The van der Waals surface area contributed by atoms with E-state index in [4.69, 9.17) is 9.15 Å². The Kier molecular flexibility index (Phi) is 9.53. The molecule has 2 atom stereocenters. The molecule has 2 aromatic rings. The highest BCUT2D eigenvalue weighted by atomic mass is 16.5. The first-order valence-corrected chi connectivity index (χ1v) is 13.7. The van der Waals surface area contributed by atoms with Gasteiger partial charge in [-0.1, -0.05) is 18.2 Å². The van der Waals surface area contributed by atoms with Gasteiger partial charge in [0.2, 0.25) is 0 Å². The number of carbonyl (C=O) groups is 2. The van der Waals surface area contributed by atoms with E-state index in [1.165, 1.54) is 6.26 Å². The quantitative estimate of drug-likeness (QED) is 0.240. The highest BCUT2D eigenvalue weighted by Gasteiger charge is 2.35. The van der Waals surface area contributed by atoms with Gasteiger partial charge in [0.15, 0.2) is 0 Å². The van der Waals surface area contributed by atoms with Gasteiger partial charge in [-0.3, -0.25) is 9.69 Å². The zero-order chi connectivity index (χ0) is 28.9. The Balaban J connectivity index is 1.35. The van der Waals surface area contributed by atoms with Crippen molar-refractivity contribution in [3.05, 3.63) is 47.7 Å². The zero-order valence-corrected chi connectivity index (χ0v) is 23.4. The Bertz CT molecular complexity index is 1260. The van der Waals surface area contributed by atoms with Crippen molar-refractivity contribution >= 4 is 30.1 Å². The SMILES string of the molecule is CN1CCN(C(C)(C)C=C(C#N)C(=O)N2CCC[C@@H]2COC(=O)NC(Cc2coc3ccccc23)B(O)O)CC1. The van der Waals surface area contributed by atoms with Gasteiger partial charge in [-0.2, -0.15) is 5.26 Å². The minimum Gasteiger partial charge on any atom is -0.464 e. The normalized spacial score (nSPS) is 19.9. The van der Waals surface area contributed by atoms with Gasteiger partial charge in [0, 0.05) is 43.6 Å². The largest absolute Gasteiger partial charge is 0.475 e. The van der Waals surface area contributed by atoms with Crippen molar-refractivity contribution in [3.63, 3.8) is 0 Å². The maximum atomic E-state index is 13.4. The summed E-state index contributed by atoms with van der Waals surface area (Å²) in [5.74, 6) is -1.40. The first kappa shape index (κ1) is 29.6. The molecule has 3 heterocycles. The van der Waals surface area contributed by atoms with E-state index in [-0.39, 0.29) is 30.5 Å². The van der Waals surface area contributed by atoms with Crippen LogP contribution in [0.4, 0.5) is 4.79 Å². The van der Waals surface area contributed by atoms with E-state index in [0.29, 0.717) is 18.5 Å². The van der Waals surface area contributed by atoms with Gasteiger partial charge < -0.3 is 34.3 Å². The number of piperazine rings is 1. The van der Waals surface area contributed by atoms with Crippen molar-refractivity contribution < 1.29 is 28.8 Å². The van der Waals surface area contributed by atoms with Crippen LogP contribution in [0.2, 0.25) is 0 Å². The average molecular weight is 551 g/mol. The second-order valence-electron chi connectivity index (χ2n) is 11.1. The number of nitriles is 1. The molecule has 214 valence electrons. The van der Waals surface area contributed by atoms with Crippen molar-refractivity contribution in [2.45, 2.75) is 50.6 Å². The summed E-state index contributed by atoms with van der Waals surface area (Å²) in [5, 5.41) is 32.9. The fourth-order valence-electron chi connectivity index (χ4n) is 5.42. The van der Waals surface area contributed by atoms with E-state index < -0.39 is 24.7 Å². The number of furan rings is 1. The second-order valence-corrected chi connectivity index (χ2v) is 11.1. The van der Waals surface area contributed by atoms with Gasteiger partial charge in [0.1, 0.15) is 23.8 Å². The number of nitrogens with zero attached hydrogens (tertiary/aromatic N) is 4. The first-order valence-electron chi connectivity index (χ1n) is 13.7. The third kappa shape index (κ3) is 7.03. The monoisotopic (exact) mass is 551 g/mol. The molecular formula is C28H38BN5O6. The number of alkyl carbamates (subject to hydrolysis) is 1. The van der Waals surface area contributed by atoms with Crippen LogP contribution in [0.1, 0.15) is 32.3 Å². The van der Waals surface area contributed by atoms with E-state index in [1.807, 2.05) is 32.0 Å². The van der Waals surface area contributed by atoms with Gasteiger partial charge >= 0.3 is 13.2 Å². The number of likely N-dealkylation sites (N-methyl/N-ethyl adjacent to an activating group) is 1. The molecule has 2 fully saturated rings. The van der Waals surface area contributed by atoms with Crippen LogP contribution in [-0.4, -0.2) is 108 Å². The van der Waals surface area contributed by atoms with Crippen molar-refractivity contribution in [3.8, 4) is 6.07 Å². The molecule has 1 aromatic heterocycles. The van der Waals surface area contributed by atoms with Crippen molar-refractivity contribution in [1.82, 2.24) is 20.0 Å². The molecule has 0 saturated carbocycles. The molecule has 40 heavy (non-hydrogen) atoms. The molecule has 0 spiro atoms. The summed E-state index contributed by atoms with van der Waals surface area (Å²) in [6.45, 7) is 7.97. The summed E-state index contributed by atoms with van der Waals surface area (Å²) in [6, 6.07) is 9.06. The molecule has 2 aliphatic heterocycles. The molecule has 2 saturated heterocycles. The standard InChI is InChI=1S/C28H38BN5O6/c1-28(2,33-13-11-32(3)12-14-33)16-21(17-30)26(35)34-10-6-7-22(34)19-40-27(36)31-25(29(37)38)15-20-18-39-24-9-5-4-8-23(20)24/h4-5,8-9,16,18,22,25,37-38H,6-7,10-15,19H2,1-3H3,(H,31,36)/t22-,25?/m1/s1. The molecule has 0 radical (unpaired) electrons. The van der Waals surface area contributed by atoms with Crippen LogP contribution in [0.5, 0.6) is 0 Å². The minimum atomic E-state index is -1.82. The van der Waals surface area contributed by atoms with E-state index in [9.17, 15) is 24.9 Å². The van der Waals surface area contributed by atoms with Crippen LogP contribution in [-0.2, 0) is 16.0 Å². The summed E-state index contributed by atoms with van der Waals surface area (Å²) < 4.78 is 10.9. The lowest BCUT2D eigenvalue weighted by atomic mass is 9.76. The molecule has 11 nitrogen and oxygen atoms in total.